The molecule has 3 atom stereocenters. The Morgan fingerprint density at radius 2 is 2.32 bits per heavy atom. The summed E-state index contributed by atoms with van der Waals surface area (Å²) in [6, 6.07) is 4.39. The lowest BCUT2D eigenvalue weighted by atomic mass is 9.84. The average Bonchev–Trinajstić information content (AvgIpc) is 3.11. The van der Waals surface area contributed by atoms with Crippen molar-refractivity contribution >= 4 is 17.2 Å². The van der Waals surface area contributed by atoms with Crippen LogP contribution in [-0.4, -0.2) is 36.6 Å². The van der Waals surface area contributed by atoms with Gasteiger partial charge in [-0.25, -0.2) is 0 Å². The Balaban J connectivity index is 1.83. The van der Waals surface area contributed by atoms with Gasteiger partial charge in [0.2, 0.25) is 6.29 Å². The summed E-state index contributed by atoms with van der Waals surface area (Å²) in [6.45, 7) is 2.60. The van der Waals surface area contributed by atoms with Crippen molar-refractivity contribution in [3.05, 3.63) is 34.2 Å². The summed E-state index contributed by atoms with van der Waals surface area (Å²) in [7, 11) is 0. The Hall–Kier alpha value is -1.37. The number of nitrogens with one attached hydrogen (secondary N) is 1. The third-order valence-electron chi connectivity index (χ3n) is 4.95. The van der Waals surface area contributed by atoms with Gasteiger partial charge in [-0.1, -0.05) is 6.07 Å². The van der Waals surface area contributed by atoms with Crippen LogP contribution in [0.2, 0.25) is 0 Å². The van der Waals surface area contributed by atoms with Crippen LogP contribution in [0, 0.1) is 5.92 Å². The van der Waals surface area contributed by atoms with Gasteiger partial charge in [0.05, 0.1) is 0 Å². The van der Waals surface area contributed by atoms with Crippen molar-refractivity contribution in [2.75, 3.05) is 13.2 Å². The summed E-state index contributed by atoms with van der Waals surface area (Å²) in [5.74, 6) is 0.380. The Bertz CT molecular complexity index is 582. The van der Waals surface area contributed by atoms with E-state index in [1.807, 2.05) is 24.4 Å². The lowest BCUT2D eigenvalue weighted by Gasteiger charge is -2.37. The minimum absolute atomic E-state index is 0.0685. The van der Waals surface area contributed by atoms with Crippen LogP contribution in [0.25, 0.3) is 0 Å². The van der Waals surface area contributed by atoms with E-state index in [-0.39, 0.29) is 30.4 Å². The average molecular weight is 365 g/mol. The van der Waals surface area contributed by atoms with Crippen LogP contribution < -0.4 is 5.32 Å². The van der Waals surface area contributed by atoms with Gasteiger partial charge in [-0.15, -0.1) is 11.3 Å². The topological polar surface area (TPSA) is 67.8 Å². The molecule has 2 N–H and O–H groups in total. The van der Waals surface area contributed by atoms with E-state index in [0.717, 1.165) is 19.3 Å². The molecule has 1 amide bonds. The van der Waals surface area contributed by atoms with Crippen LogP contribution in [0.15, 0.2) is 29.3 Å². The molecule has 0 saturated heterocycles. The minimum atomic E-state index is -0.462. The first-order chi connectivity index (χ1) is 12.2. The van der Waals surface area contributed by atoms with Gasteiger partial charge in [-0.3, -0.25) is 4.79 Å². The van der Waals surface area contributed by atoms with Gasteiger partial charge < -0.3 is 19.9 Å². The van der Waals surface area contributed by atoms with Crippen LogP contribution in [-0.2, 0) is 14.3 Å². The summed E-state index contributed by atoms with van der Waals surface area (Å²) in [4.78, 5) is 13.8. The zero-order valence-corrected chi connectivity index (χ0v) is 15.5. The van der Waals surface area contributed by atoms with Crippen LogP contribution in [0.5, 0.6) is 0 Å². The smallest absolute Gasteiger partial charge is 0.286 e. The normalized spacial score (nSPS) is 26.5. The van der Waals surface area contributed by atoms with E-state index in [4.69, 9.17) is 9.47 Å². The summed E-state index contributed by atoms with van der Waals surface area (Å²) in [5.41, 5.74) is 0. The van der Waals surface area contributed by atoms with Crippen molar-refractivity contribution < 1.29 is 19.4 Å². The predicted molar refractivity (Wildman–Crippen MR) is 97.2 cm³/mol. The predicted octanol–water partition coefficient (Wildman–Crippen LogP) is 3.17. The fourth-order valence-electron chi connectivity index (χ4n) is 3.38. The summed E-state index contributed by atoms with van der Waals surface area (Å²) in [5, 5.41) is 14.3. The van der Waals surface area contributed by atoms with E-state index in [1.54, 1.807) is 11.3 Å². The summed E-state index contributed by atoms with van der Waals surface area (Å²) >= 11 is 1.68. The molecular weight excluding hydrogens is 338 g/mol. The first-order valence-electron chi connectivity index (χ1n) is 9.18. The van der Waals surface area contributed by atoms with Crippen molar-refractivity contribution in [2.24, 2.45) is 5.92 Å². The molecule has 2 aliphatic rings. The molecule has 1 aromatic heterocycles. The fourth-order valence-corrected chi connectivity index (χ4v) is 4.26. The molecule has 3 rings (SSSR count). The second-order valence-electron chi connectivity index (χ2n) is 6.64. The van der Waals surface area contributed by atoms with E-state index < -0.39 is 6.29 Å². The number of amides is 1. The van der Waals surface area contributed by atoms with E-state index >= 15 is 0 Å². The van der Waals surface area contributed by atoms with Crippen molar-refractivity contribution in [3.63, 3.8) is 0 Å². The van der Waals surface area contributed by atoms with Gasteiger partial charge in [0.1, 0.15) is 0 Å². The highest BCUT2D eigenvalue weighted by Crippen LogP contribution is 2.41. The maximum absolute atomic E-state index is 12.6. The quantitative estimate of drug-likeness (QED) is 0.742. The third-order valence-corrected chi connectivity index (χ3v) is 5.92. The number of aliphatic hydroxyl groups excluding tert-OH is 1. The molecule has 5 nitrogen and oxygen atoms in total. The molecule has 2 heterocycles. The maximum atomic E-state index is 12.6. The number of hydrogen-bond donors (Lipinski definition) is 2. The Kier molecular flexibility index (Phi) is 6.51. The SMILES string of the molecule is CCO[C@H]1OC(C(=O)NC2CCC2)=C[C@@H](c2cccs2)[C@@H]1CCCO. The monoisotopic (exact) mass is 365 g/mol. The number of ether oxygens (including phenoxy) is 2. The molecule has 0 radical (unpaired) electrons. The van der Waals surface area contributed by atoms with Crippen LogP contribution >= 0.6 is 11.3 Å². The maximum Gasteiger partial charge on any atom is 0.286 e. The number of thiophene rings is 1. The van der Waals surface area contributed by atoms with E-state index in [2.05, 4.69) is 11.4 Å². The standard InChI is InChI=1S/C19H27NO4S/c1-2-23-19-14(8-4-10-21)15(17-9-5-11-25-17)12-16(24-19)18(22)20-13-6-3-7-13/h5,9,11-15,19,21H,2-4,6-8,10H2,1H3,(H,20,22)/t14-,15+,19-/m0/s1. The van der Waals surface area contributed by atoms with Gasteiger partial charge in [0.15, 0.2) is 5.76 Å². The van der Waals surface area contributed by atoms with Crippen molar-refractivity contribution in [2.45, 2.75) is 57.3 Å². The Labute approximate surface area is 153 Å². The first kappa shape index (κ1) is 18.4. The molecule has 25 heavy (non-hydrogen) atoms. The van der Waals surface area contributed by atoms with Crippen molar-refractivity contribution in [1.29, 1.82) is 0 Å². The fraction of sp³-hybridized carbons (Fsp3) is 0.632. The van der Waals surface area contributed by atoms with Gasteiger partial charge in [0.25, 0.3) is 5.91 Å². The molecule has 0 bridgehead atoms. The molecular formula is C19H27NO4S. The summed E-state index contributed by atoms with van der Waals surface area (Å²) in [6.07, 6.45) is 6.22. The Morgan fingerprint density at radius 1 is 1.48 bits per heavy atom. The summed E-state index contributed by atoms with van der Waals surface area (Å²) < 4.78 is 11.8. The number of aliphatic hydroxyl groups is 1. The second-order valence-corrected chi connectivity index (χ2v) is 7.62. The molecule has 1 aromatic rings. The molecule has 0 aromatic carbocycles. The molecule has 1 fully saturated rings. The molecule has 6 heteroatoms. The Morgan fingerprint density at radius 3 is 2.92 bits per heavy atom. The molecule has 1 aliphatic carbocycles. The largest absolute Gasteiger partial charge is 0.459 e. The lowest BCUT2D eigenvalue weighted by Crippen LogP contribution is -2.43. The van der Waals surface area contributed by atoms with E-state index in [0.29, 0.717) is 18.8 Å². The van der Waals surface area contributed by atoms with E-state index in [9.17, 15) is 9.90 Å². The highest BCUT2D eigenvalue weighted by atomic mass is 32.1. The highest BCUT2D eigenvalue weighted by Gasteiger charge is 2.38. The van der Waals surface area contributed by atoms with Gasteiger partial charge >= 0.3 is 0 Å². The number of hydrogen-bond acceptors (Lipinski definition) is 5. The van der Waals surface area contributed by atoms with Gasteiger partial charge in [-0.05, 0) is 56.6 Å². The van der Waals surface area contributed by atoms with Gasteiger partial charge in [-0.2, -0.15) is 0 Å². The second kappa shape index (κ2) is 8.83. The minimum Gasteiger partial charge on any atom is -0.459 e. The highest BCUT2D eigenvalue weighted by molar-refractivity contribution is 7.10. The number of carbonyl (C=O) groups excluding carboxylic acids is 1. The number of allylic oxidation sites excluding steroid dienone is 1. The number of carbonyl (C=O) groups is 1. The zero-order chi connectivity index (χ0) is 17.6. The number of rotatable bonds is 8. The van der Waals surface area contributed by atoms with Crippen molar-refractivity contribution in [3.8, 4) is 0 Å². The molecule has 138 valence electrons. The van der Waals surface area contributed by atoms with Crippen LogP contribution in [0.1, 0.15) is 49.8 Å². The van der Waals surface area contributed by atoms with Crippen molar-refractivity contribution in [1.82, 2.24) is 5.32 Å². The molecule has 1 aliphatic heterocycles. The molecule has 1 saturated carbocycles. The van der Waals surface area contributed by atoms with Crippen LogP contribution in [0.3, 0.4) is 0 Å². The van der Waals surface area contributed by atoms with E-state index in [1.165, 1.54) is 11.3 Å². The zero-order valence-electron chi connectivity index (χ0n) is 14.6. The first-order valence-corrected chi connectivity index (χ1v) is 10.1. The lowest BCUT2D eigenvalue weighted by molar-refractivity contribution is -0.166. The van der Waals surface area contributed by atoms with Crippen LogP contribution in [0.4, 0.5) is 0 Å². The third kappa shape index (κ3) is 4.43. The molecule has 0 unspecified atom stereocenters. The molecule has 0 spiro atoms. The van der Waals surface area contributed by atoms with Gasteiger partial charge in [0, 0.05) is 36.0 Å².